The van der Waals surface area contributed by atoms with Gasteiger partial charge < -0.3 is 0 Å². The molecule has 0 fully saturated rings. The highest BCUT2D eigenvalue weighted by Gasteiger charge is 1.88. The topological polar surface area (TPSA) is 30.0 Å². The van der Waals surface area contributed by atoms with E-state index in [9.17, 15) is 4.79 Å². The molecule has 0 N–H and O–H groups in total. The summed E-state index contributed by atoms with van der Waals surface area (Å²) in [6.45, 7) is 3.45. The van der Waals surface area contributed by atoms with Crippen LogP contribution in [0.25, 0.3) is 6.08 Å². The number of rotatable bonds is 2. The molecule has 0 unspecified atom stereocenters. The van der Waals surface area contributed by atoms with Crippen molar-refractivity contribution in [3.8, 4) is 0 Å². The minimum Gasteiger partial charge on any atom is -0.295 e. The predicted molar refractivity (Wildman–Crippen MR) is 48.7 cm³/mol. The van der Waals surface area contributed by atoms with Crippen LogP contribution in [0.4, 0.5) is 0 Å². The van der Waals surface area contributed by atoms with E-state index in [0.29, 0.717) is 0 Å². The van der Waals surface area contributed by atoms with E-state index < -0.39 is 0 Å². The summed E-state index contributed by atoms with van der Waals surface area (Å²) in [5.74, 6) is 0.0597. The summed E-state index contributed by atoms with van der Waals surface area (Å²) in [6.07, 6.45) is 5.07. The Hall–Kier alpha value is -1.44. The summed E-state index contributed by atoms with van der Waals surface area (Å²) in [5, 5.41) is 0. The highest BCUT2D eigenvalue weighted by Crippen LogP contribution is 2.02. The van der Waals surface area contributed by atoms with Crippen LogP contribution in [-0.2, 0) is 4.79 Å². The van der Waals surface area contributed by atoms with Crippen LogP contribution < -0.4 is 0 Å². The Morgan fingerprint density at radius 3 is 2.92 bits per heavy atom. The van der Waals surface area contributed by atoms with Crippen LogP contribution in [0.5, 0.6) is 0 Å². The Balaban J connectivity index is 2.83. The second-order valence-corrected chi connectivity index (χ2v) is 2.67. The van der Waals surface area contributed by atoms with Gasteiger partial charge in [0.15, 0.2) is 5.78 Å². The summed E-state index contributed by atoms with van der Waals surface area (Å²) in [6, 6.07) is 3.80. The molecule has 0 saturated carbocycles. The third-order valence-electron chi connectivity index (χ3n) is 1.43. The minimum atomic E-state index is 0.0597. The third kappa shape index (κ3) is 2.66. The van der Waals surface area contributed by atoms with Gasteiger partial charge in [0.2, 0.25) is 0 Å². The van der Waals surface area contributed by atoms with Gasteiger partial charge in [0.1, 0.15) is 0 Å². The highest BCUT2D eigenvalue weighted by molar-refractivity contribution is 5.91. The second kappa shape index (κ2) is 3.81. The van der Waals surface area contributed by atoms with Crippen LogP contribution in [0.3, 0.4) is 0 Å². The van der Waals surface area contributed by atoms with Gasteiger partial charge in [0.25, 0.3) is 0 Å². The summed E-state index contributed by atoms with van der Waals surface area (Å²) < 4.78 is 0. The van der Waals surface area contributed by atoms with Crippen LogP contribution in [0.1, 0.15) is 18.2 Å². The first-order chi connectivity index (χ1) is 5.68. The molecule has 0 amide bonds. The standard InChI is InChI=1S/C10H11NO/c1-8-7-10(5-6-11-8)4-3-9(2)12/h3-7H,1-2H3/b4-3-. The molecular formula is C10H11NO. The van der Waals surface area contributed by atoms with Gasteiger partial charge in [-0.05, 0) is 37.6 Å². The van der Waals surface area contributed by atoms with Gasteiger partial charge in [-0.15, -0.1) is 0 Å². The van der Waals surface area contributed by atoms with Gasteiger partial charge >= 0.3 is 0 Å². The summed E-state index contributed by atoms with van der Waals surface area (Å²) in [7, 11) is 0. The van der Waals surface area contributed by atoms with Crippen LogP contribution in [0, 0.1) is 6.92 Å². The quantitative estimate of drug-likeness (QED) is 0.621. The molecule has 1 rings (SSSR count). The maximum atomic E-state index is 10.6. The van der Waals surface area contributed by atoms with Gasteiger partial charge in [0.05, 0.1) is 0 Å². The summed E-state index contributed by atoms with van der Waals surface area (Å²) in [4.78, 5) is 14.6. The van der Waals surface area contributed by atoms with Gasteiger partial charge in [0, 0.05) is 11.9 Å². The fourth-order valence-corrected chi connectivity index (χ4v) is 0.885. The van der Waals surface area contributed by atoms with E-state index in [0.717, 1.165) is 11.3 Å². The monoisotopic (exact) mass is 161 g/mol. The minimum absolute atomic E-state index is 0.0597. The number of hydrogen-bond acceptors (Lipinski definition) is 2. The normalized spacial score (nSPS) is 10.5. The van der Waals surface area contributed by atoms with Gasteiger partial charge in [-0.3, -0.25) is 9.78 Å². The fourth-order valence-electron chi connectivity index (χ4n) is 0.885. The van der Waals surface area contributed by atoms with Crippen molar-refractivity contribution in [2.75, 3.05) is 0 Å². The zero-order valence-corrected chi connectivity index (χ0v) is 7.24. The first kappa shape index (κ1) is 8.65. The molecule has 1 aromatic heterocycles. The first-order valence-corrected chi connectivity index (χ1v) is 3.80. The van der Waals surface area contributed by atoms with E-state index in [1.165, 1.54) is 6.92 Å². The number of aromatic nitrogens is 1. The molecule has 0 aromatic carbocycles. The fraction of sp³-hybridized carbons (Fsp3) is 0.200. The second-order valence-electron chi connectivity index (χ2n) is 2.67. The molecule has 0 aliphatic carbocycles. The number of hydrogen-bond donors (Lipinski definition) is 0. The van der Waals surface area contributed by atoms with E-state index in [2.05, 4.69) is 4.98 Å². The molecule has 2 heteroatoms. The number of aryl methyl sites for hydroxylation is 1. The van der Waals surface area contributed by atoms with Crippen molar-refractivity contribution in [2.45, 2.75) is 13.8 Å². The van der Waals surface area contributed by atoms with Gasteiger partial charge in [-0.25, -0.2) is 0 Å². The maximum Gasteiger partial charge on any atom is 0.152 e. The van der Waals surface area contributed by atoms with Crippen LogP contribution in [0.15, 0.2) is 24.4 Å². The van der Waals surface area contributed by atoms with Gasteiger partial charge in [-0.1, -0.05) is 6.08 Å². The largest absolute Gasteiger partial charge is 0.295 e. The molecular weight excluding hydrogens is 150 g/mol. The number of allylic oxidation sites excluding steroid dienone is 1. The lowest BCUT2D eigenvalue weighted by Crippen LogP contribution is -1.82. The predicted octanol–water partition coefficient (Wildman–Crippen LogP) is 1.99. The van der Waals surface area contributed by atoms with Crippen molar-refractivity contribution in [3.63, 3.8) is 0 Å². The molecule has 1 aromatic rings. The lowest BCUT2D eigenvalue weighted by Gasteiger charge is -1.93. The van der Waals surface area contributed by atoms with E-state index >= 15 is 0 Å². The average Bonchev–Trinajstić information content (AvgIpc) is 2.01. The summed E-state index contributed by atoms with van der Waals surface area (Å²) in [5.41, 5.74) is 1.97. The van der Waals surface area contributed by atoms with Crippen molar-refractivity contribution >= 4 is 11.9 Å². The first-order valence-electron chi connectivity index (χ1n) is 3.80. The molecule has 1 heterocycles. The number of pyridine rings is 1. The smallest absolute Gasteiger partial charge is 0.152 e. The van der Waals surface area contributed by atoms with Crippen molar-refractivity contribution in [3.05, 3.63) is 35.7 Å². The maximum absolute atomic E-state index is 10.6. The number of nitrogens with zero attached hydrogens (tertiary/aromatic N) is 1. The highest BCUT2D eigenvalue weighted by atomic mass is 16.1. The summed E-state index contributed by atoms with van der Waals surface area (Å²) >= 11 is 0. The molecule has 0 radical (unpaired) electrons. The lowest BCUT2D eigenvalue weighted by atomic mass is 10.2. The van der Waals surface area contributed by atoms with E-state index in [1.807, 2.05) is 19.1 Å². The van der Waals surface area contributed by atoms with Crippen molar-refractivity contribution in [2.24, 2.45) is 0 Å². The average molecular weight is 161 g/mol. The Bertz CT molecular complexity index is 315. The molecule has 0 aliphatic rings. The van der Waals surface area contributed by atoms with Crippen LogP contribution >= 0.6 is 0 Å². The van der Waals surface area contributed by atoms with E-state index in [-0.39, 0.29) is 5.78 Å². The molecule has 0 spiro atoms. The SMILES string of the molecule is CC(=O)/C=C\c1ccnc(C)c1. The molecule has 2 nitrogen and oxygen atoms in total. The third-order valence-corrected chi connectivity index (χ3v) is 1.43. The Morgan fingerprint density at radius 1 is 1.58 bits per heavy atom. The molecule has 62 valence electrons. The number of carbonyl (C=O) groups excluding carboxylic acids is 1. The Morgan fingerprint density at radius 2 is 2.33 bits per heavy atom. The van der Waals surface area contributed by atoms with Gasteiger partial charge in [-0.2, -0.15) is 0 Å². The number of carbonyl (C=O) groups is 1. The zero-order valence-electron chi connectivity index (χ0n) is 7.24. The van der Waals surface area contributed by atoms with Crippen LogP contribution in [0.2, 0.25) is 0 Å². The van der Waals surface area contributed by atoms with E-state index in [4.69, 9.17) is 0 Å². The molecule has 0 atom stereocenters. The molecule has 12 heavy (non-hydrogen) atoms. The molecule has 0 bridgehead atoms. The lowest BCUT2D eigenvalue weighted by molar-refractivity contribution is -0.112. The Labute approximate surface area is 71.9 Å². The van der Waals surface area contributed by atoms with Crippen molar-refractivity contribution in [1.29, 1.82) is 0 Å². The van der Waals surface area contributed by atoms with Crippen LogP contribution in [-0.4, -0.2) is 10.8 Å². The van der Waals surface area contributed by atoms with Crippen molar-refractivity contribution in [1.82, 2.24) is 4.98 Å². The van der Waals surface area contributed by atoms with E-state index in [1.54, 1.807) is 18.3 Å². The number of ketones is 1. The Kier molecular flexibility index (Phi) is 2.75. The zero-order chi connectivity index (χ0) is 8.97. The molecule has 0 saturated heterocycles. The molecule has 0 aliphatic heterocycles. The van der Waals surface area contributed by atoms with Crippen molar-refractivity contribution < 1.29 is 4.79 Å².